The van der Waals surface area contributed by atoms with Crippen molar-refractivity contribution in [2.24, 2.45) is 14.1 Å². The minimum Gasteiger partial charge on any atom is -0.726 e. The van der Waals surface area contributed by atoms with Gasteiger partial charge in [-0.2, -0.15) is 4.79 Å². The summed E-state index contributed by atoms with van der Waals surface area (Å²) >= 11 is 0. The molecule has 80 valence electrons. The van der Waals surface area contributed by atoms with Crippen molar-refractivity contribution >= 4 is 10.4 Å². The van der Waals surface area contributed by atoms with Gasteiger partial charge in [-0.05, 0) is 0 Å². The van der Waals surface area contributed by atoms with Crippen molar-refractivity contribution in [3.05, 3.63) is 28.9 Å². The zero-order valence-corrected chi connectivity index (χ0v) is 8.43. The van der Waals surface area contributed by atoms with E-state index in [0.717, 1.165) is 0 Å². The zero-order valence-electron chi connectivity index (χ0n) is 7.61. The summed E-state index contributed by atoms with van der Waals surface area (Å²) in [6, 6.07) is 1.82. The Kier molecular flexibility index (Phi) is 4.41. The van der Waals surface area contributed by atoms with Crippen molar-refractivity contribution in [2.75, 3.05) is 0 Å². The molecule has 1 heterocycles. The molecule has 1 aromatic heterocycles. The molecule has 0 aromatic carbocycles. The number of hydrogen-bond donors (Lipinski definition) is 1. The lowest BCUT2D eigenvalue weighted by molar-refractivity contribution is -0.690. The van der Waals surface area contributed by atoms with Crippen molar-refractivity contribution < 1.29 is 22.1 Å². The monoisotopic (exact) mass is 222 g/mol. The van der Waals surface area contributed by atoms with Crippen LogP contribution in [0, 0.1) is 0 Å². The van der Waals surface area contributed by atoms with E-state index < -0.39 is 10.4 Å². The maximum absolute atomic E-state index is 10.9. The van der Waals surface area contributed by atoms with Gasteiger partial charge >= 0.3 is 5.69 Å². The molecule has 0 saturated carbocycles. The highest BCUT2D eigenvalue weighted by atomic mass is 32.3. The molecule has 0 spiro atoms. The topological polar surface area (TPSA) is 103 Å². The second kappa shape index (κ2) is 4.84. The summed E-state index contributed by atoms with van der Waals surface area (Å²) < 4.78 is 35.9. The fourth-order valence-electron chi connectivity index (χ4n) is 0.673. The van der Waals surface area contributed by atoms with Crippen LogP contribution >= 0.6 is 0 Å². The predicted molar refractivity (Wildman–Crippen MR) is 45.2 cm³/mol. The van der Waals surface area contributed by atoms with Crippen LogP contribution in [0.2, 0.25) is 0 Å². The first-order valence-corrected chi connectivity index (χ1v) is 4.78. The molecule has 0 aliphatic rings. The molecular formula is C6H10N2O5S. The van der Waals surface area contributed by atoms with Crippen molar-refractivity contribution in [2.45, 2.75) is 0 Å². The van der Waals surface area contributed by atoms with Gasteiger partial charge in [-0.25, -0.2) is 17.6 Å². The molecular weight excluding hydrogens is 212 g/mol. The Hall–Kier alpha value is -1.25. The first-order valence-electron chi connectivity index (χ1n) is 3.41. The zero-order chi connectivity index (χ0) is 11.4. The summed E-state index contributed by atoms with van der Waals surface area (Å²) in [6.45, 7) is 0. The Bertz CT molecular complexity index is 418. The molecule has 8 heteroatoms. The number of aryl methyl sites for hydroxylation is 2. The molecule has 0 aliphatic carbocycles. The number of rotatable bonds is 0. The van der Waals surface area contributed by atoms with Crippen molar-refractivity contribution in [1.29, 1.82) is 0 Å². The molecule has 1 aromatic rings. The molecule has 1 rings (SSSR count). The molecule has 0 amide bonds. The van der Waals surface area contributed by atoms with Crippen molar-refractivity contribution in [3.63, 3.8) is 0 Å². The lowest BCUT2D eigenvalue weighted by atomic mass is 10.6. The minimum absolute atomic E-state index is 0.00231. The van der Waals surface area contributed by atoms with Gasteiger partial charge < -0.3 is 4.55 Å². The van der Waals surface area contributed by atoms with Gasteiger partial charge in [-0.3, -0.25) is 4.55 Å². The van der Waals surface area contributed by atoms with Crippen LogP contribution in [0.15, 0.2) is 23.3 Å². The lowest BCUT2D eigenvalue weighted by Crippen LogP contribution is -2.49. The second-order valence-electron chi connectivity index (χ2n) is 2.42. The third-order valence-corrected chi connectivity index (χ3v) is 1.22. The normalized spacial score (nSPS) is 10.3. The van der Waals surface area contributed by atoms with Gasteiger partial charge in [-0.1, -0.05) is 0 Å². The van der Waals surface area contributed by atoms with E-state index in [4.69, 9.17) is 17.5 Å². The molecule has 0 radical (unpaired) electrons. The molecule has 0 atom stereocenters. The Morgan fingerprint density at radius 2 is 2.00 bits per heavy atom. The van der Waals surface area contributed by atoms with Crippen LogP contribution in [0.25, 0.3) is 0 Å². The Morgan fingerprint density at radius 1 is 1.57 bits per heavy atom. The van der Waals surface area contributed by atoms with Crippen LogP contribution in [-0.2, 0) is 24.5 Å². The largest absolute Gasteiger partial charge is 0.726 e. The molecule has 0 unspecified atom stereocenters. The summed E-state index contributed by atoms with van der Waals surface area (Å²) in [7, 11) is -1.47. The molecule has 1 N–H and O–H groups in total. The third kappa shape index (κ3) is 6.29. The van der Waals surface area contributed by atoms with Gasteiger partial charge in [0.05, 0.1) is 26.5 Å². The van der Waals surface area contributed by atoms with E-state index in [1.807, 2.05) is 6.07 Å². The van der Waals surface area contributed by atoms with Gasteiger partial charge in [0.15, 0.2) is 0 Å². The average Bonchev–Trinajstić information content (AvgIpc) is 1.97. The number of hydrogen-bond acceptors (Lipinski definition) is 4. The predicted octanol–water partition coefficient (Wildman–Crippen LogP) is -1.79. The summed E-state index contributed by atoms with van der Waals surface area (Å²) in [5.41, 5.74) is -0.00231. The molecule has 0 aliphatic heterocycles. The van der Waals surface area contributed by atoms with Crippen LogP contribution in [0.4, 0.5) is 0 Å². The summed E-state index contributed by atoms with van der Waals surface area (Å²) in [6.07, 6.45) is 3.45. The van der Waals surface area contributed by atoms with Crippen molar-refractivity contribution in [3.8, 4) is 0 Å². The van der Waals surface area contributed by atoms with E-state index in [1.165, 1.54) is 9.13 Å². The quantitative estimate of drug-likeness (QED) is 0.317. The number of aromatic nitrogens is 2. The Balaban J connectivity index is 0.000000292. The van der Waals surface area contributed by atoms with E-state index in [1.54, 1.807) is 26.5 Å². The van der Waals surface area contributed by atoms with Gasteiger partial charge in [0, 0.05) is 6.07 Å². The molecule has 0 bridgehead atoms. The fourth-order valence-corrected chi connectivity index (χ4v) is 0.673. The maximum Gasteiger partial charge on any atom is 0.497 e. The minimum atomic E-state index is -4.92. The van der Waals surface area contributed by atoms with Gasteiger partial charge in [0.25, 0.3) is 0 Å². The second-order valence-corrected chi connectivity index (χ2v) is 3.28. The maximum atomic E-state index is 10.9. The van der Waals surface area contributed by atoms with Crippen LogP contribution in [0.1, 0.15) is 0 Å². The third-order valence-electron chi connectivity index (χ3n) is 1.22. The van der Waals surface area contributed by atoms with E-state index in [-0.39, 0.29) is 5.69 Å². The Labute approximate surface area is 80.8 Å². The van der Waals surface area contributed by atoms with Crippen molar-refractivity contribution in [1.82, 2.24) is 4.57 Å². The molecule has 0 saturated heterocycles. The molecule has 0 fully saturated rings. The van der Waals surface area contributed by atoms with Crippen LogP contribution in [0.3, 0.4) is 0 Å². The first-order chi connectivity index (χ1) is 6.22. The average molecular weight is 222 g/mol. The van der Waals surface area contributed by atoms with Crippen LogP contribution < -0.4 is 10.3 Å². The van der Waals surface area contributed by atoms with E-state index >= 15 is 0 Å². The summed E-state index contributed by atoms with van der Waals surface area (Å²) in [4.78, 5) is 10.9. The van der Waals surface area contributed by atoms with E-state index in [0.29, 0.717) is 0 Å². The van der Waals surface area contributed by atoms with Crippen LogP contribution in [0.5, 0.6) is 0 Å². The van der Waals surface area contributed by atoms with E-state index in [2.05, 4.69) is 0 Å². The smallest absolute Gasteiger partial charge is 0.497 e. The Morgan fingerprint density at radius 3 is 2.29 bits per heavy atom. The summed E-state index contributed by atoms with van der Waals surface area (Å²) in [5.74, 6) is 0. The van der Waals surface area contributed by atoms with Gasteiger partial charge in [0.2, 0.25) is 10.4 Å². The highest BCUT2D eigenvalue weighted by Crippen LogP contribution is 1.66. The van der Waals surface area contributed by atoms with Crippen LogP contribution in [-0.4, -0.2) is 22.1 Å². The number of nitrogens with zero attached hydrogens (tertiary/aromatic N) is 2. The molecule has 14 heavy (non-hydrogen) atoms. The lowest BCUT2D eigenvalue weighted by Gasteiger charge is -1.88. The molecule has 7 nitrogen and oxygen atoms in total. The first kappa shape index (κ1) is 12.8. The van der Waals surface area contributed by atoms with E-state index in [9.17, 15) is 4.79 Å². The standard InChI is InChI=1S/C6H9N2O.H2O4S/c1-7-4-3-5-8(2)6(7)9;1-5(2,3)4/h3-5H,1-2H3;(H2,1,2,3,4)/q+1;/p-1. The summed E-state index contributed by atoms with van der Waals surface area (Å²) in [5, 5.41) is 0. The van der Waals surface area contributed by atoms with Gasteiger partial charge in [-0.15, -0.1) is 0 Å². The fraction of sp³-hybridized carbons (Fsp3) is 0.333. The van der Waals surface area contributed by atoms with Gasteiger partial charge in [0.1, 0.15) is 0 Å². The highest BCUT2D eigenvalue weighted by Gasteiger charge is 1.97. The highest BCUT2D eigenvalue weighted by molar-refractivity contribution is 7.79. The SMILES string of the molecule is Cn1ccc[n+](C)c1=O.O=S(=O)([O-])O.